The number of aryl methyl sites for hydroxylation is 1. The normalized spacial score (nSPS) is 10.2. The molecule has 0 aliphatic carbocycles. The lowest BCUT2D eigenvalue weighted by atomic mass is 10.0. The molecule has 1 heterocycles. The van der Waals surface area contributed by atoms with Crippen LogP contribution in [0.25, 0.3) is 0 Å². The van der Waals surface area contributed by atoms with Gasteiger partial charge in [-0.1, -0.05) is 12.1 Å². The molecule has 0 atom stereocenters. The summed E-state index contributed by atoms with van der Waals surface area (Å²) in [6, 6.07) is 9.64. The topological polar surface area (TPSA) is 65.1 Å². The van der Waals surface area contributed by atoms with Crippen LogP contribution in [0.3, 0.4) is 0 Å². The summed E-state index contributed by atoms with van der Waals surface area (Å²) in [4.78, 5) is 23.5. The van der Waals surface area contributed by atoms with Crippen molar-refractivity contribution in [1.82, 2.24) is 4.57 Å². The first kappa shape index (κ1) is 11.1. The molecule has 0 spiro atoms. The largest absolute Gasteiger partial charge is 0.399 e. The standard InChI is InChI=1S/C13H12N2O2/c1-15-6-5-10(8-12(15)16)13(17)9-3-2-4-11(14)7-9/h2-8H,14H2,1H3. The lowest BCUT2D eigenvalue weighted by molar-refractivity contribution is 0.103. The third kappa shape index (κ3) is 2.25. The van der Waals surface area contributed by atoms with Crippen LogP contribution in [0.5, 0.6) is 0 Å². The van der Waals surface area contributed by atoms with Crippen LogP contribution in [0.1, 0.15) is 15.9 Å². The first-order chi connectivity index (χ1) is 8.08. The third-order valence-electron chi connectivity index (χ3n) is 2.52. The molecule has 86 valence electrons. The molecule has 0 saturated carbocycles. The number of pyridine rings is 1. The van der Waals surface area contributed by atoms with Crippen LogP contribution in [0.15, 0.2) is 47.4 Å². The number of hydrogen-bond acceptors (Lipinski definition) is 3. The van der Waals surface area contributed by atoms with Gasteiger partial charge < -0.3 is 10.3 Å². The Morgan fingerprint density at radius 2 is 1.88 bits per heavy atom. The summed E-state index contributed by atoms with van der Waals surface area (Å²) >= 11 is 0. The van der Waals surface area contributed by atoms with E-state index in [9.17, 15) is 9.59 Å². The van der Waals surface area contributed by atoms with Crippen molar-refractivity contribution in [3.8, 4) is 0 Å². The molecule has 0 fully saturated rings. The van der Waals surface area contributed by atoms with Crippen molar-refractivity contribution in [3.05, 3.63) is 64.1 Å². The molecule has 0 saturated heterocycles. The average molecular weight is 228 g/mol. The van der Waals surface area contributed by atoms with E-state index in [1.807, 2.05) is 0 Å². The summed E-state index contributed by atoms with van der Waals surface area (Å²) < 4.78 is 1.41. The van der Waals surface area contributed by atoms with Gasteiger partial charge in [-0.3, -0.25) is 9.59 Å². The van der Waals surface area contributed by atoms with Gasteiger partial charge in [-0.15, -0.1) is 0 Å². The Hall–Kier alpha value is -2.36. The van der Waals surface area contributed by atoms with Crippen molar-refractivity contribution in [1.29, 1.82) is 0 Å². The maximum atomic E-state index is 12.1. The van der Waals surface area contributed by atoms with Crippen molar-refractivity contribution in [2.75, 3.05) is 5.73 Å². The maximum Gasteiger partial charge on any atom is 0.250 e. The van der Waals surface area contributed by atoms with Crippen LogP contribution < -0.4 is 11.3 Å². The Morgan fingerprint density at radius 1 is 1.18 bits per heavy atom. The molecule has 0 aliphatic heterocycles. The van der Waals surface area contributed by atoms with Gasteiger partial charge in [0, 0.05) is 36.1 Å². The molecule has 0 radical (unpaired) electrons. The zero-order valence-corrected chi connectivity index (χ0v) is 9.38. The van der Waals surface area contributed by atoms with Crippen molar-refractivity contribution in [3.63, 3.8) is 0 Å². The van der Waals surface area contributed by atoms with E-state index in [-0.39, 0.29) is 11.3 Å². The third-order valence-corrected chi connectivity index (χ3v) is 2.52. The van der Waals surface area contributed by atoms with Crippen LogP contribution >= 0.6 is 0 Å². The Morgan fingerprint density at radius 3 is 2.53 bits per heavy atom. The molecule has 0 unspecified atom stereocenters. The van der Waals surface area contributed by atoms with Crippen molar-refractivity contribution >= 4 is 11.5 Å². The van der Waals surface area contributed by atoms with Gasteiger partial charge in [-0.2, -0.15) is 0 Å². The first-order valence-electron chi connectivity index (χ1n) is 5.15. The fraction of sp³-hybridized carbons (Fsp3) is 0.0769. The predicted octanol–water partition coefficient (Wildman–Crippen LogP) is 1.20. The number of nitrogen functional groups attached to an aromatic ring is 1. The minimum atomic E-state index is -0.209. The van der Waals surface area contributed by atoms with Gasteiger partial charge in [0.25, 0.3) is 5.56 Å². The highest BCUT2D eigenvalue weighted by molar-refractivity contribution is 6.09. The number of aromatic nitrogens is 1. The summed E-state index contributed by atoms with van der Waals surface area (Å²) in [5.41, 5.74) is 6.79. The van der Waals surface area contributed by atoms with Gasteiger partial charge in [0.15, 0.2) is 5.78 Å². The molecule has 0 amide bonds. The monoisotopic (exact) mass is 228 g/mol. The van der Waals surface area contributed by atoms with Gasteiger partial charge >= 0.3 is 0 Å². The summed E-state index contributed by atoms with van der Waals surface area (Å²) in [7, 11) is 1.64. The molecule has 1 aromatic carbocycles. The number of carbonyl (C=O) groups is 1. The molecule has 1 aromatic heterocycles. The summed E-state index contributed by atoms with van der Waals surface area (Å²) in [6.07, 6.45) is 1.57. The van der Waals surface area contributed by atoms with E-state index >= 15 is 0 Å². The summed E-state index contributed by atoms with van der Waals surface area (Å²) in [5, 5.41) is 0. The molecule has 2 rings (SSSR count). The van der Waals surface area contributed by atoms with Crippen LogP contribution in [0.4, 0.5) is 5.69 Å². The zero-order chi connectivity index (χ0) is 12.4. The highest BCUT2D eigenvalue weighted by atomic mass is 16.1. The molecule has 0 bridgehead atoms. The molecule has 2 aromatic rings. The number of nitrogens with zero attached hydrogens (tertiary/aromatic N) is 1. The average Bonchev–Trinajstić information content (AvgIpc) is 2.32. The quantitative estimate of drug-likeness (QED) is 0.620. The first-order valence-corrected chi connectivity index (χ1v) is 5.15. The Kier molecular flexibility index (Phi) is 2.78. The smallest absolute Gasteiger partial charge is 0.250 e. The Balaban J connectivity index is 2.44. The van der Waals surface area contributed by atoms with Gasteiger partial charge in [0.2, 0.25) is 0 Å². The number of ketones is 1. The van der Waals surface area contributed by atoms with Crippen LogP contribution in [0.2, 0.25) is 0 Å². The molecule has 0 aliphatic rings. The van der Waals surface area contributed by atoms with E-state index in [2.05, 4.69) is 0 Å². The van der Waals surface area contributed by atoms with E-state index in [0.717, 1.165) is 0 Å². The maximum absolute atomic E-state index is 12.1. The zero-order valence-electron chi connectivity index (χ0n) is 9.38. The number of hydrogen-bond donors (Lipinski definition) is 1. The second-order valence-electron chi connectivity index (χ2n) is 3.82. The van der Waals surface area contributed by atoms with Crippen molar-refractivity contribution < 1.29 is 4.79 Å². The Labute approximate surface area is 98.3 Å². The van der Waals surface area contributed by atoms with Gasteiger partial charge in [-0.25, -0.2) is 0 Å². The minimum Gasteiger partial charge on any atom is -0.399 e. The summed E-state index contributed by atoms with van der Waals surface area (Å²) in [5.74, 6) is -0.199. The molecule has 4 heteroatoms. The van der Waals surface area contributed by atoms with E-state index in [1.54, 1.807) is 43.6 Å². The highest BCUT2D eigenvalue weighted by Crippen LogP contribution is 2.11. The number of benzene rings is 1. The van der Waals surface area contributed by atoms with Gasteiger partial charge in [-0.05, 0) is 18.2 Å². The molecule has 17 heavy (non-hydrogen) atoms. The molecular weight excluding hydrogens is 216 g/mol. The lowest BCUT2D eigenvalue weighted by Crippen LogP contribution is -2.17. The summed E-state index contributed by atoms with van der Waals surface area (Å²) in [6.45, 7) is 0. The lowest BCUT2D eigenvalue weighted by Gasteiger charge is -2.03. The van der Waals surface area contributed by atoms with E-state index in [0.29, 0.717) is 16.8 Å². The second-order valence-corrected chi connectivity index (χ2v) is 3.82. The fourth-order valence-electron chi connectivity index (χ4n) is 1.54. The molecular formula is C13H12N2O2. The SMILES string of the molecule is Cn1ccc(C(=O)c2cccc(N)c2)cc1=O. The second kappa shape index (κ2) is 4.25. The molecule has 2 N–H and O–H groups in total. The van der Waals surface area contributed by atoms with Crippen LogP contribution in [0, 0.1) is 0 Å². The van der Waals surface area contributed by atoms with E-state index in [1.165, 1.54) is 10.6 Å². The number of anilines is 1. The van der Waals surface area contributed by atoms with E-state index in [4.69, 9.17) is 5.73 Å². The van der Waals surface area contributed by atoms with Crippen LogP contribution in [-0.4, -0.2) is 10.4 Å². The minimum absolute atomic E-state index is 0.199. The number of rotatable bonds is 2. The van der Waals surface area contributed by atoms with Crippen molar-refractivity contribution in [2.24, 2.45) is 7.05 Å². The number of carbonyl (C=O) groups excluding carboxylic acids is 1. The highest BCUT2D eigenvalue weighted by Gasteiger charge is 2.09. The van der Waals surface area contributed by atoms with Crippen LogP contribution in [-0.2, 0) is 7.05 Å². The number of nitrogens with two attached hydrogens (primary N) is 1. The fourth-order valence-corrected chi connectivity index (χ4v) is 1.54. The van der Waals surface area contributed by atoms with Crippen molar-refractivity contribution in [2.45, 2.75) is 0 Å². The van der Waals surface area contributed by atoms with Gasteiger partial charge in [0.05, 0.1) is 0 Å². The predicted molar refractivity (Wildman–Crippen MR) is 66.0 cm³/mol. The van der Waals surface area contributed by atoms with E-state index < -0.39 is 0 Å². The van der Waals surface area contributed by atoms with Gasteiger partial charge in [0.1, 0.15) is 0 Å². The Bertz CT molecular complexity index is 629. The molecule has 4 nitrogen and oxygen atoms in total.